The Morgan fingerprint density at radius 3 is 2.63 bits per heavy atom. The molecule has 1 aliphatic rings. The van der Waals surface area contributed by atoms with Gasteiger partial charge >= 0.3 is 0 Å². The Kier molecular flexibility index (Phi) is 7.67. The number of rotatable bonds is 8. The van der Waals surface area contributed by atoms with Gasteiger partial charge in [-0.15, -0.1) is 0 Å². The molecule has 1 atom stereocenters. The predicted molar refractivity (Wildman–Crippen MR) is 140 cm³/mol. The molecule has 0 saturated carbocycles. The van der Waals surface area contributed by atoms with Crippen LogP contribution in [0.3, 0.4) is 0 Å². The van der Waals surface area contributed by atoms with Gasteiger partial charge in [-0.3, -0.25) is 0 Å². The number of ether oxygens (including phenoxy) is 1. The average Bonchev–Trinajstić information content (AvgIpc) is 2.93. The fraction of sp³-hybridized carbons (Fsp3) is 0.280. The zero-order chi connectivity index (χ0) is 26.6. The molecule has 0 radical (unpaired) electrons. The molecule has 1 unspecified atom stereocenters. The van der Waals surface area contributed by atoms with Gasteiger partial charge in [0.1, 0.15) is 23.3 Å². The van der Waals surface area contributed by atoms with Crippen molar-refractivity contribution in [3.63, 3.8) is 0 Å². The summed E-state index contributed by atoms with van der Waals surface area (Å²) in [6.45, 7) is 2.09. The molecule has 13 heteroatoms. The van der Waals surface area contributed by atoms with E-state index in [0.717, 1.165) is 0 Å². The largest absolute Gasteiger partial charge is 0.384 e. The van der Waals surface area contributed by atoms with E-state index in [2.05, 4.69) is 14.7 Å². The molecule has 38 heavy (non-hydrogen) atoms. The minimum Gasteiger partial charge on any atom is -0.384 e. The van der Waals surface area contributed by atoms with Crippen molar-refractivity contribution < 1.29 is 21.9 Å². The quantitative estimate of drug-likeness (QED) is 0.288. The summed E-state index contributed by atoms with van der Waals surface area (Å²) in [7, 11) is -2.85. The van der Waals surface area contributed by atoms with Crippen molar-refractivity contribution in [2.45, 2.75) is 12.6 Å². The van der Waals surface area contributed by atoms with Crippen LogP contribution in [0.25, 0.3) is 33.7 Å². The number of pyridine rings is 2. The first-order chi connectivity index (χ1) is 18.4. The van der Waals surface area contributed by atoms with Gasteiger partial charge in [-0.25, -0.2) is 41.9 Å². The molecule has 198 valence electrons. The zero-order valence-electron chi connectivity index (χ0n) is 20.2. The molecule has 4 heterocycles. The first-order valence-electron chi connectivity index (χ1n) is 11.9. The highest BCUT2D eigenvalue weighted by molar-refractivity contribution is 7.70. The third-order valence-electron chi connectivity index (χ3n) is 6.16. The van der Waals surface area contributed by atoms with E-state index in [1.165, 1.54) is 12.1 Å². The highest BCUT2D eigenvalue weighted by Crippen LogP contribution is 2.33. The van der Waals surface area contributed by atoms with Crippen LogP contribution >= 0.6 is 0 Å². The third-order valence-corrected chi connectivity index (χ3v) is 6.64. The lowest BCUT2D eigenvalue weighted by atomic mass is 10.0. The number of benzene rings is 1. The van der Waals surface area contributed by atoms with Gasteiger partial charge in [0.2, 0.25) is 10.9 Å². The number of nitrogen functional groups attached to an aromatic ring is 1. The second-order valence-electron chi connectivity index (χ2n) is 8.64. The number of morpholine rings is 1. The van der Waals surface area contributed by atoms with Crippen LogP contribution in [0.5, 0.6) is 0 Å². The molecule has 1 fully saturated rings. The van der Waals surface area contributed by atoms with E-state index in [4.69, 9.17) is 20.4 Å². The van der Waals surface area contributed by atoms with E-state index in [1.807, 2.05) is 4.90 Å². The molecule has 0 aliphatic carbocycles. The molecule has 1 aliphatic heterocycles. The normalized spacial score (nSPS) is 14.8. The number of anilines is 2. The number of nitrogens with zero attached hydrogens (tertiary/aromatic N) is 5. The molecule has 0 amide bonds. The summed E-state index contributed by atoms with van der Waals surface area (Å²) in [5.74, 6) is 0.649. The minimum atomic E-state index is -2.85. The maximum atomic E-state index is 15.5. The van der Waals surface area contributed by atoms with Crippen molar-refractivity contribution in [1.29, 1.82) is 0 Å². The van der Waals surface area contributed by atoms with E-state index in [-0.39, 0.29) is 24.1 Å². The number of alkyl halides is 1. The molecule has 3 N–H and O–H groups in total. The third kappa shape index (κ3) is 5.54. The Labute approximate surface area is 219 Å². The van der Waals surface area contributed by atoms with Crippen LogP contribution in [-0.4, -0.2) is 61.2 Å². The fourth-order valence-electron chi connectivity index (χ4n) is 4.24. The molecule has 5 rings (SSSR count). The molecular weight excluding hydrogens is 516 g/mol. The lowest BCUT2D eigenvalue weighted by Gasteiger charge is -2.28. The molecule has 10 nitrogen and oxygen atoms in total. The first-order valence-corrected chi connectivity index (χ1v) is 13.1. The van der Waals surface area contributed by atoms with E-state index in [1.54, 1.807) is 36.5 Å². The number of thiol groups is 1. The Balaban J connectivity index is 1.56. The van der Waals surface area contributed by atoms with Crippen molar-refractivity contribution in [3.8, 4) is 22.6 Å². The Bertz CT molecular complexity index is 1520. The van der Waals surface area contributed by atoms with E-state index < -0.39 is 22.9 Å². The molecule has 1 aromatic carbocycles. The van der Waals surface area contributed by atoms with Crippen molar-refractivity contribution in [3.05, 3.63) is 60.0 Å². The van der Waals surface area contributed by atoms with Gasteiger partial charge in [0.15, 0.2) is 11.6 Å². The van der Waals surface area contributed by atoms with Crippen molar-refractivity contribution >= 4 is 33.6 Å². The monoisotopic (exact) mass is 541 g/mol. The van der Waals surface area contributed by atoms with Crippen LogP contribution in [0.1, 0.15) is 18.2 Å². The summed E-state index contributed by atoms with van der Waals surface area (Å²) in [5, 5.41) is 0. The summed E-state index contributed by atoms with van der Waals surface area (Å²) < 4.78 is 59.2. The number of hydrogen-bond acceptors (Lipinski definition) is 9. The van der Waals surface area contributed by atoms with Gasteiger partial charge in [0.25, 0.3) is 0 Å². The van der Waals surface area contributed by atoms with Crippen LogP contribution in [0, 0.1) is 5.82 Å². The second-order valence-corrected chi connectivity index (χ2v) is 9.47. The maximum Gasteiger partial charge on any atom is 0.201 e. The molecule has 3 aromatic heterocycles. The summed E-state index contributed by atoms with van der Waals surface area (Å²) in [4.78, 5) is 20.3. The van der Waals surface area contributed by atoms with Crippen LogP contribution in [0.2, 0.25) is 0 Å². The van der Waals surface area contributed by atoms with E-state index >= 15 is 4.39 Å². The van der Waals surface area contributed by atoms with Crippen molar-refractivity contribution in [2.24, 2.45) is 0 Å². The van der Waals surface area contributed by atoms with Gasteiger partial charge < -0.3 is 15.4 Å². The van der Waals surface area contributed by atoms with Crippen molar-refractivity contribution in [2.75, 3.05) is 43.5 Å². The summed E-state index contributed by atoms with van der Waals surface area (Å²) >= 11 is 0. The molecular formula is C25H25F2N7O3S. The van der Waals surface area contributed by atoms with Gasteiger partial charge in [0.05, 0.1) is 24.4 Å². The van der Waals surface area contributed by atoms with E-state index in [9.17, 15) is 12.8 Å². The van der Waals surface area contributed by atoms with E-state index in [0.29, 0.717) is 66.1 Å². The zero-order valence-corrected chi connectivity index (χ0v) is 21.1. The maximum absolute atomic E-state index is 15.5. The Morgan fingerprint density at radius 2 is 1.89 bits per heavy atom. The SMILES string of the molecule is Nc1ccc(-c2nc(N3CCOCC3)c3nc(-c4cccc(C(F)CCN[SH](=O)=O)c4F)ccc3n2)cn1. The first kappa shape index (κ1) is 25.8. The fourth-order valence-corrected chi connectivity index (χ4v) is 4.55. The number of fused-ring (bicyclic) bond motifs is 1. The lowest BCUT2D eigenvalue weighted by Crippen LogP contribution is -2.37. The van der Waals surface area contributed by atoms with Crippen LogP contribution in [-0.2, 0) is 15.6 Å². The van der Waals surface area contributed by atoms with Crippen LogP contribution in [0.15, 0.2) is 48.7 Å². The number of nitrogens with one attached hydrogen (secondary N) is 1. The number of halogens is 2. The summed E-state index contributed by atoms with van der Waals surface area (Å²) in [5.41, 5.74) is 7.69. The highest BCUT2D eigenvalue weighted by atomic mass is 32.2. The molecule has 0 spiro atoms. The minimum absolute atomic E-state index is 0.120. The van der Waals surface area contributed by atoms with Gasteiger partial charge in [0, 0.05) is 42.5 Å². The lowest BCUT2D eigenvalue weighted by molar-refractivity contribution is 0.122. The summed E-state index contributed by atoms with van der Waals surface area (Å²) in [6.07, 6.45) is -0.297. The molecule has 4 aromatic rings. The Hall–Kier alpha value is -3.81. The smallest absolute Gasteiger partial charge is 0.201 e. The molecule has 0 bridgehead atoms. The van der Waals surface area contributed by atoms with Gasteiger partial charge in [-0.1, -0.05) is 12.1 Å². The van der Waals surface area contributed by atoms with Gasteiger partial charge in [-0.2, -0.15) is 0 Å². The second kappa shape index (κ2) is 11.3. The molecule has 1 saturated heterocycles. The predicted octanol–water partition coefficient (Wildman–Crippen LogP) is 2.83. The standard InChI is InChI=1S/C25H25F2N7O3S/c26-18(8-9-30-38(35)36)16-2-1-3-17(22(16)27)19-5-6-20-23(31-19)25(34-10-12-37-13-11-34)33-24(32-20)15-4-7-21(28)29-14-15/h1-7,14,18,38H,8-13H2,(H2,28,29)(H,30,35,36). The summed E-state index contributed by atoms with van der Waals surface area (Å²) in [6, 6.07) is 11.2. The number of hydrogen-bond donors (Lipinski definition) is 3. The average molecular weight is 542 g/mol. The number of aromatic nitrogens is 4. The number of nitrogens with two attached hydrogens (primary N) is 1. The topological polar surface area (TPSA) is 136 Å². The van der Waals surface area contributed by atoms with Gasteiger partial charge in [-0.05, 0) is 36.8 Å². The van der Waals surface area contributed by atoms with Crippen LogP contribution < -0.4 is 15.4 Å². The van der Waals surface area contributed by atoms with Crippen molar-refractivity contribution in [1.82, 2.24) is 24.7 Å². The van der Waals surface area contributed by atoms with Crippen LogP contribution in [0.4, 0.5) is 20.4 Å². The Morgan fingerprint density at radius 1 is 1.08 bits per heavy atom. The highest BCUT2D eigenvalue weighted by Gasteiger charge is 2.22.